The summed E-state index contributed by atoms with van der Waals surface area (Å²) in [5.41, 5.74) is 1.38. The molecule has 0 fully saturated rings. The van der Waals surface area contributed by atoms with Gasteiger partial charge in [0, 0.05) is 5.69 Å². The lowest BCUT2D eigenvalue weighted by atomic mass is 10.1. The largest absolute Gasteiger partial charge is 0.481 e. The average Bonchev–Trinajstić information content (AvgIpc) is 2.67. The number of rotatable bonds is 6. The van der Waals surface area contributed by atoms with E-state index in [1.54, 1.807) is 13.0 Å². The monoisotopic (exact) mass is 371 g/mol. The summed E-state index contributed by atoms with van der Waals surface area (Å²) in [4.78, 5) is 36.1. The summed E-state index contributed by atoms with van der Waals surface area (Å²) in [5, 5.41) is 2.64. The van der Waals surface area contributed by atoms with Gasteiger partial charge in [0.25, 0.3) is 5.91 Å². The van der Waals surface area contributed by atoms with E-state index in [1.807, 2.05) is 25.1 Å². The van der Waals surface area contributed by atoms with Gasteiger partial charge in [0.1, 0.15) is 5.75 Å². The Morgan fingerprint density at radius 1 is 0.926 bits per heavy atom. The third-order valence-electron chi connectivity index (χ3n) is 3.81. The van der Waals surface area contributed by atoms with Gasteiger partial charge in [0.15, 0.2) is 6.10 Å². The standard InChI is InChI=1S/C20H21NO6/c1-12-7-5-6-8-17(12)27-13(2)18(22)21-16-10-14(19(23)25-3)9-15(11-16)20(24)26-4/h5-11,13H,1-4H3,(H,21,22)/t13-/m0/s1. The van der Waals surface area contributed by atoms with Gasteiger partial charge in [0.05, 0.1) is 25.3 Å². The maximum Gasteiger partial charge on any atom is 0.337 e. The number of methoxy groups -OCH3 is 2. The summed E-state index contributed by atoms with van der Waals surface area (Å²) in [7, 11) is 2.45. The quantitative estimate of drug-likeness (QED) is 0.785. The zero-order valence-corrected chi connectivity index (χ0v) is 15.6. The van der Waals surface area contributed by atoms with Gasteiger partial charge in [-0.3, -0.25) is 4.79 Å². The molecule has 7 heteroatoms. The molecule has 0 heterocycles. The van der Waals surface area contributed by atoms with Crippen LogP contribution in [-0.4, -0.2) is 38.2 Å². The average molecular weight is 371 g/mol. The normalized spacial score (nSPS) is 11.3. The summed E-state index contributed by atoms with van der Waals surface area (Å²) in [6, 6.07) is 11.5. The van der Waals surface area contributed by atoms with E-state index in [0.717, 1.165) is 5.56 Å². The van der Waals surface area contributed by atoms with Gasteiger partial charge < -0.3 is 19.5 Å². The SMILES string of the molecule is COC(=O)c1cc(NC(=O)[C@H](C)Oc2ccccc2C)cc(C(=O)OC)c1. The Morgan fingerprint density at radius 2 is 1.48 bits per heavy atom. The third-order valence-corrected chi connectivity index (χ3v) is 3.81. The highest BCUT2D eigenvalue weighted by Crippen LogP contribution is 2.20. The molecule has 0 unspecified atom stereocenters. The molecular formula is C20H21NO6. The molecule has 0 radical (unpaired) electrons. The number of carbonyl (C=O) groups is 3. The molecule has 0 aromatic heterocycles. The first-order valence-corrected chi connectivity index (χ1v) is 8.20. The number of carbonyl (C=O) groups excluding carboxylic acids is 3. The first-order chi connectivity index (χ1) is 12.8. The van der Waals surface area contributed by atoms with Crippen LogP contribution in [0.3, 0.4) is 0 Å². The molecule has 1 N–H and O–H groups in total. The van der Waals surface area contributed by atoms with Gasteiger partial charge in [-0.05, 0) is 43.7 Å². The number of amides is 1. The molecule has 0 bridgehead atoms. The lowest BCUT2D eigenvalue weighted by molar-refractivity contribution is -0.122. The van der Waals surface area contributed by atoms with Crippen molar-refractivity contribution in [3.63, 3.8) is 0 Å². The van der Waals surface area contributed by atoms with E-state index in [-0.39, 0.29) is 16.8 Å². The molecule has 0 aliphatic heterocycles. The minimum absolute atomic E-state index is 0.114. The second-order valence-electron chi connectivity index (χ2n) is 5.80. The van der Waals surface area contributed by atoms with Crippen LogP contribution < -0.4 is 10.1 Å². The van der Waals surface area contributed by atoms with E-state index in [4.69, 9.17) is 4.74 Å². The molecule has 27 heavy (non-hydrogen) atoms. The molecule has 0 aliphatic rings. The van der Waals surface area contributed by atoms with Crippen molar-refractivity contribution in [2.75, 3.05) is 19.5 Å². The van der Waals surface area contributed by atoms with Crippen LogP contribution in [0.25, 0.3) is 0 Å². The number of para-hydroxylation sites is 1. The Bertz CT molecular complexity index is 827. The zero-order valence-electron chi connectivity index (χ0n) is 15.6. The van der Waals surface area contributed by atoms with Crippen molar-refractivity contribution in [3.8, 4) is 5.75 Å². The number of benzene rings is 2. The van der Waals surface area contributed by atoms with E-state index in [0.29, 0.717) is 5.75 Å². The molecule has 1 amide bonds. The van der Waals surface area contributed by atoms with Crippen molar-refractivity contribution in [1.29, 1.82) is 0 Å². The van der Waals surface area contributed by atoms with Crippen molar-refractivity contribution in [3.05, 3.63) is 59.2 Å². The lowest BCUT2D eigenvalue weighted by Crippen LogP contribution is -2.30. The van der Waals surface area contributed by atoms with E-state index >= 15 is 0 Å². The van der Waals surface area contributed by atoms with E-state index in [9.17, 15) is 14.4 Å². The van der Waals surface area contributed by atoms with Crippen molar-refractivity contribution in [2.24, 2.45) is 0 Å². The Hall–Kier alpha value is -3.35. The molecule has 0 spiro atoms. The van der Waals surface area contributed by atoms with Crippen LogP contribution in [0.5, 0.6) is 5.75 Å². The van der Waals surface area contributed by atoms with Gasteiger partial charge in [-0.15, -0.1) is 0 Å². The van der Waals surface area contributed by atoms with Crippen LogP contribution >= 0.6 is 0 Å². The Kier molecular flexibility index (Phi) is 6.54. The van der Waals surface area contributed by atoms with Gasteiger partial charge in [-0.1, -0.05) is 18.2 Å². The summed E-state index contributed by atoms with van der Waals surface area (Å²) in [5.74, 6) is -1.12. The number of nitrogens with one attached hydrogen (secondary N) is 1. The third kappa shape index (κ3) is 5.07. The maximum atomic E-state index is 12.5. The van der Waals surface area contributed by atoms with Gasteiger partial charge in [0.2, 0.25) is 0 Å². The first kappa shape index (κ1) is 20.0. The fourth-order valence-electron chi connectivity index (χ4n) is 2.35. The van der Waals surface area contributed by atoms with Crippen LogP contribution in [0.2, 0.25) is 0 Å². The lowest BCUT2D eigenvalue weighted by Gasteiger charge is -2.16. The highest BCUT2D eigenvalue weighted by atomic mass is 16.5. The van der Waals surface area contributed by atoms with Gasteiger partial charge in [-0.25, -0.2) is 9.59 Å². The van der Waals surface area contributed by atoms with Crippen molar-refractivity contribution in [2.45, 2.75) is 20.0 Å². The number of hydrogen-bond donors (Lipinski definition) is 1. The molecular weight excluding hydrogens is 350 g/mol. The molecule has 0 saturated heterocycles. The highest BCUT2D eigenvalue weighted by molar-refractivity contribution is 6.00. The fourth-order valence-corrected chi connectivity index (χ4v) is 2.35. The first-order valence-electron chi connectivity index (χ1n) is 8.20. The molecule has 142 valence electrons. The molecule has 0 saturated carbocycles. The second kappa shape index (κ2) is 8.84. The van der Waals surface area contributed by atoms with Crippen LogP contribution in [0.15, 0.2) is 42.5 Å². The molecule has 0 aliphatic carbocycles. The summed E-state index contributed by atoms with van der Waals surface area (Å²) < 4.78 is 15.0. The van der Waals surface area contributed by atoms with E-state index < -0.39 is 23.9 Å². The summed E-state index contributed by atoms with van der Waals surface area (Å²) >= 11 is 0. The minimum Gasteiger partial charge on any atom is -0.481 e. The Labute approximate surface area is 157 Å². The number of esters is 2. The van der Waals surface area contributed by atoms with Crippen LogP contribution in [0.1, 0.15) is 33.2 Å². The fraction of sp³-hybridized carbons (Fsp3) is 0.250. The Morgan fingerprint density at radius 3 is 2.00 bits per heavy atom. The van der Waals surface area contributed by atoms with Crippen molar-refractivity contribution >= 4 is 23.5 Å². The predicted molar refractivity (Wildman–Crippen MR) is 99.0 cm³/mol. The molecule has 1 atom stereocenters. The van der Waals surface area contributed by atoms with Crippen LogP contribution in [0.4, 0.5) is 5.69 Å². The number of anilines is 1. The van der Waals surface area contributed by atoms with Crippen molar-refractivity contribution in [1.82, 2.24) is 0 Å². The number of ether oxygens (including phenoxy) is 3. The van der Waals surface area contributed by atoms with Crippen molar-refractivity contribution < 1.29 is 28.6 Å². The van der Waals surface area contributed by atoms with Gasteiger partial charge in [-0.2, -0.15) is 0 Å². The summed E-state index contributed by atoms with van der Waals surface area (Å²) in [6.07, 6.45) is -0.797. The Balaban J connectivity index is 2.21. The molecule has 7 nitrogen and oxygen atoms in total. The molecule has 2 aromatic rings. The minimum atomic E-state index is -0.797. The van der Waals surface area contributed by atoms with E-state index in [2.05, 4.69) is 14.8 Å². The van der Waals surface area contributed by atoms with E-state index in [1.165, 1.54) is 32.4 Å². The molecule has 2 rings (SSSR count). The molecule has 2 aromatic carbocycles. The number of aryl methyl sites for hydroxylation is 1. The maximum absolute atomic E-state index is 12.5. The van der Waals surface area contributed by atoms with Gasteiger partial charge >= 0.3 is 11.9 Å². The zero-order chi connectivity index (χ0) is 20.0. The summed E-state index contributed by atoms with van der Waals surface area (Å²) in [6.45, 7) is 3.48. The smallest absolute Gasteiger partial charge is 0.337 e. The predicted octanol–water partition coefficient (Wildman–Crippen LogP) is 2.97. The van der Waals surface area contributed by atoms with Crippen LogP contribution in [-0.2, 0) is 14.3 Å². The number of hydrogen-bond acceptors (Lipinski definition) is 6. The topological polar surface area (TPSA) is 90.9 Å². The van der Waals surface area contributed by atoms with Crippen LogP contribution in [0, 0.1) is 6.92 Å². The second-order valence-corrected chi connectivity index (χ2v) is 5.80. The highest BCUT2D eigenvalue weighted by Gasteiger charge is 2.19.